The van der Waals surface area contributed by atoms with Crippen LogP contribution in [-0.2, 0) is 12.6 Å². The molecule has 11 heteroatoms. The summed E-state index contributed by atoms with van der Waals surface area (Å²) in [6.45, 7) is 1.63. The lowest BCUT2D eigenvalue weighted by Gasteiger charge is -2.16. The molecule has 2 aromatic carbocycles. The molecule has 4 rings (SSSR count). The van der Waals surface area contributed by atoms with E-state index in [0.717, 1.165) is 17.7 Å². The molecule has 0 aliphatic carbocycles. The Morgan fingerprint density at radius 1 is 1.03 bits per heavy atom. The second-order valence-corrected chi connectivity index (χ2v) is 8.06. The maximum Gasteiger partial charge on any atom is 0.416 e. The van der Waals surface area contributed by atoms with Crippen LogP contribution in [0.25, 0.3) is 11.4 Å². The SMILES string of the molecule is COc1ccc(Cc2nc(-c3cn(C(C)c4ccc(C(F)(F)F)cc4F)cn3)cc(=O)[nH]2)cc1OC. The first-order chi connectivity index (χ1) is 17.1. The molecule has 0 aliphatic heterocycles. The number of imidazole rings is 1. The third kappa shape index (κ3) is 5.24. The lowest BCUT2D eigenvalue weighted by Crippen LogP contribution is -2.12. The van der Waals surface area contributed by atoms with Crippen LogP contribution in [0.4, 0.5) is 17.6 Å². The fraction of sp³-hybridized carbons (Fsp3) is 0.240. The lowest BCUT2D eigenvalue weighted by molar-refractivity contribution is -0.137. The first kappa shape index (κ1) is 25.0. The molecule has 36 heavy (non-hydrogen) atoms. The maximum absolute atomic E-state index is 14.5. The zero-order valence-corrected chi connectivity index (χ0v) is 19.6. The van der Waals surface area contributed by atoms with Crippen molar-refractivity contribution in [2.45, 2.75) is 25.6 Å². The van der Waals surface area contributed by atoms with E-state index in [1.54, 1.807) is 25.3 Å². The smallest absolute Gasteiger partial charge is 0.416 e. The Morgan fingerprint density at radius 2 is 1.78 bits per heavy atom. The van der Waals surface area contributed by atoms with Crippen molar-refractivity contribution in [1.82, 2.24) is 19.5 Å². The quantitative estimate of drug-likeness (QED) is 0.360. The highest BCUT2D eigenvalue weighted by atomic mass is 19.4. The highest BCUT2D eigenvalue weighted by Gasteiger charge is 2.31. The van der Waals surface area contributed by atoms with Gasteiger partial charge in [0.15, 0.2) is 11.5 Å². The fourth-order valence-corrected chi connectivity index (χ4v) is 3.79. The normalized spacial score (nSPS) is 12.4. The van der Waals surface area contributed by atoms with Gasteiger partial charge in [-0.1, -0.05) is 12.1 Å². The molecule has 0 fully saturated rings. The summed E-state index contributed by atoms with van der Waals surface area (Å²) in [5.41, 5.74) is 0.107. The summed E-state index contributed by atoms with van der Waals surface area (Å²) in [6.07, 6.45) is -1.36. The third-order valence-electron chi connectivity index (χ3n) is 5.70. The number of H-pyrrole nitrogens is 1. The van der Waals surface area contributed by atoms with E-state index in [0.29, 0.717) is 41.2 Å². The standard InChI is InChI=1S/C25H22F4N4O3/c1-14(17-6-5-16(10-18(17)26)25(27,28)29)33-12-20(30-13-33)19-11-24(34)32-23(31-19)9-15-4-7-21(35-2)22(8-15)36-3/h4-8,10-14H,9H2,1-3H3,(H,31,32,34). The summed E-state index contributed by atoms with van der Waals surface area (Å²) in [5.74, 6) is 0.525. The predicted octanol–water partition coefficient (Wildman–Crippen LogP) is 5.01. The number of hydrogen-bond acceptors (Lipinski definition) is 5. The van der Waals surface area contributed by atoms with Gasteiger partial charge in [0.05, 0.1) is 37.8 Å². The Labute approximate surface area is 203 Å². The van der Waals surface area contributed by atoms with Crippen molar-refractivity contribution in [3.8, 4) is 22.9 Å². The molecule has 7 nitrogen and oxygen atoms in total. The van der Waals surface area contributed by atoms with Gasteiger partial charge in [0, 0.05) is 24.2 Å². The number of benzene rings is 2. The van der Waals surface area contributed by atoms with Crippen molar-refractivity contribution in [2.24, 2.45) is 0 Å². The molecule has 1 N–H and O–H groups in total. The molecular formula is C25H22F4N4O3. The first-order valence-corrected chi connectivity index (χ1v) is 10.8. The maximum atomic E-state index is 14.5. The number of nitrogens with one attached hydrogen (secondary N) is 1. The molecule has 0 radical (unpaired) electrons. The zero-order chi connectivity index (χ0) is 26.0. The Kier molecular flexibility index (Phi) is 6.82. The zero-order valence-electron chi connectivity index (χ0n) is 19.6. The number of aromatic amines is 1. The van der Waals surface area contributed by atoms with E-state index in [1.807, 2.05) is 6.07 Å². The number of nitrogens with zero attached hydrogens (tertiary/aromatic N) is 3. The number of rotatable bonds is 7. The average molecular weight is 502 g/mol. The van der Waals surface area contributed by atoms with Gasteiger partial charge < -0.3 is 19.0 Å². The minimum absolute atomic E-state index is 0.0694. The molecule has 0 saturated carbocycles. The number of halogens is 4. The Balaban J connectivity index is 1.59. The van der Waals surface area contributed by atoms with Gasteiger partial charge >= 0.3 is 6.18 Å². The van der Waals surface area contributed by atoms with Crippen LogP contribution in [0.1, 0.15) is 35.5 Å². The highest BCUT2D eigenvalue weighted by Crippen LogP contribution is 2.32. The molecule has 1 atom stereocenters. The largest absolute Gasteiger partial charge is 0.493 e. The summed E-state index contributed by atoms with van der Waals surface area (Å²) in [4.78, 5) is 23.8. The van der Waals surface area contributed by atoms with Gasteiger partial charge in [0.1, 0.15) is 17.3 Å². The highest BCUT2D eigenvalue weighted by molar-refractivity contribution is 5.52. The first-order valence-electron chi connectivity index (χ1n) is 10.8. The number of methoxy groups -OCH3 is 2. The molecular weight excluding hydrogens is 480 g/mol. The van der Waals surface area contributed by atoms with Gasteiger partial charge in [-0.3, -0.25) is 4.79 Å². The van der Waals surface area contributed by atoms with Crippen LogP contribution in [-0.4, -0.2) is 33.7 Å². The van der Waals surface area contributed by atoms with Crippen LogP contribution >= 0.6 is 0 Å². The summed E-state index contributed by atoms with van der Waals surface area (Å²) in [6, 6.07) is 8.40. The summed E-state index contributed by atoms with van der Waals surface area (Å²) >= 11 is 0. The van der Waals surface area contributed by atoms with Crippen LogP contribution < -0.4 is 15.0 Å². The van der Waals surface area contributed by atoms with E-state index in [4.69, 9.17) is 9.47 Å². The minimum atomic E-state index is -4.63. The predicted molar refractivity (Wildman–Crippen MR) is 124 cm³/mol. The van der Waals surface area contributed by atoms with Crippen LogP contribution in [0.2, 0.25) is 0 Å². The molecule has 188 valence electrons. The second-order valence-electron chi connectivity index (χ2n) is 8.06. The number of aromatic nitrogens is 4. The van der Waals surface area contributed by atoms with Crippen LogP contribution in [0.15, 0.2) is 59.8 Å². The molecule has 2 aromatic heterocycles. The van der Waals surface area contributed by atoms with Gasteiger partial charge in [0.2, 0.25) is 0 Å². The van der Waals surface area contributed by atoms with Gasteiger partial charge in [-0.25, -0.2) is 14.4 Å². The Bertz CT molecular complexity index is 1450. The lowest BCUT2D eigenvalue weighted by atomic mass is 10.0. The van der Waals surface area contributed by atoms with Crippen molar-refractivity contribution in [3.63, 3.8) is 0 Å². The molecule has 0 aliphatic rings. The monoisotopic (exact) mass is 502 g/mol. The molecule has 1 unspecified atom stereocenters. The second kappa shape index (κ2) is 9.84. The van der Waals surface area contributed by atoms with E-state index in [1.165, 1.54) is 31.2 Å². The van der Waals surface area contributed by atoms with E-state index >= 15 is 0 Å². The minimum Gasteiger partial charge on any atom is -0.493 e. The van der Waals surface area contributed by atoms with Crippen molar-refractivity contribution in [2.75, 3.05) is 14.2 Å². The van der Waals surface area contributed by atoms with Crippen LogP contribution in [0.5, 0.6) is 11.5 Å². The van der Waals surface area contributed by atoms with Crippen molar-refractivity contribution >= 4 is 0 Å². The molecule has 4 aromatic rings. The molecule has 0 saturated heterocycles. The number of alkyl halides is 3. The number of ether oxygens (including phenoxy) is 2. The summed E-state index contributed by atoms with van der Waals surface area (Å²) in [7, 11) is 3.06. The molecule has 0 spiro atoms. The van der Waals surface area contributed by atoms with Gasteiger partial charge in [-0.15, -0.1) is 0 Å². The Morgan fingerprint density at radius 3 is 2.44 bits per heavy atom. The van der Waals surface area contributed by atoms with E-state index in [9.17, 15) is 22.4 Å². The average Bonchev–Trinajstić information content (AvgIpc) is 3.33. The third-order valence-corrected chi connectivity index (χ3v) is 5.70. The number of hydrogen-bond donors (Lipinski definition) is 1. The summed E-state index contributed by atoms with van der Waals surface area (Å²) < 4.78 is 65.1. The summed E-state index contributed by atoms with van der Waals surface area (Å²) in [5, 5.41) is 0. The fourth-order valence-electron chi connectivity index (χ4n) is 3.79. The Hall–Kier alpha value is -4.15. The van der Waals surface area contributed by atoms with Crippen molar-refractivity contribution < 1.29 is 27.0 Å². The van der Waals surface area contributed by atoms with Crippen LogP contribution in [0, 0.1) is 5.82 Å². The topological polar surface area (TPSA) is 82.0 Å². The molecule has 0 bridgehead atoms. The van der Waals surface area contributed by atoms with Gasteiger partial charge in [-0.2, -0.15) is 13.2 Å². The van der Waals surface area contributed by atoms with Gasteiger partial charge in [-0.05, 0) is 36.8 Å². The van der Waals surface area contributed by atoms with Crippen molar-refractivity contribution in [3.05, 3.63) is 93.7 Å². The van der Waals surface area contributed by atoms with Crippen LogP contribution in [0.3, 0.4) is 0 Å². The van der Waals surface area contributed by atoms with E-state index < -0.39 is 23.6 Å². The molecule has 0 amide bonds. The van der Waals surface area contributed by atoms with Gasteiger partial charge in [0.25, 0.3) is 5.56 Å². The molecule has 2 heterocycles. The van der Waals surface area contributed by atoms with E-state index in [-0.39, 0.29) is 11.1 Å². The van der Waals surface area contributed by atoms with E-state index in [2.05, 4.69) is 15.0 Å². The van der Waals surface area contributed by atoms with Crippen molar-refractivity contribution in [1.29, 1.82) is 0 Å².